The molecule has 0 aliphatic heterocycles. The van der Waals surface area contributed by atoms with Crippen LogP contribution in [0.15, 0.2) is 122 Å². The number of nitrogens with zero attached hydrogens (tertiary/aromatic N) is 1. The first-order valence-electron chi connectivity index (χ1n) is 30.4. The highest BCUT2D eigenvalue weighted by molar-refractivity contribution is 7.47. The van der Waals surface area contributed by atoms with Crippen molar-refractivity contribution in [2.75, 3.05) is 40.9 Å². The van der Waals surface area contributed by atoms with Gasteiger partial charge < -0.3 is 19.4 Å². The van der Waals surface area contributed by atoms with Crippen molar-refractivity contribution in [2.24, 2.45) is 0 Å². The molecule has 0 aliphatic carbocycles. The Balaban J connectivity index is 5.30. The van der Waals surface area contributed by atoms with Crippen molar-refractivity contribution in [3.05, 3.63) is 122 Å². The van der Waals surface area contributed by atoms with E-state index in [9.17, 15) is 19.0 Å². The van der Waals surface area contributed by atoms with E-state index in [4.69, 9.17) is 13.8 Å². The van der Waals surface area contributed by atoms with Gasteiger partial charge >= 0.3 is 13.8 Å². The number of phosphoric acid groups is 1. The van der Waals surface area contributed by atoms with E-state index in [1.165, 1.54) is 44.9 Å². The molecule has 0 aliphatic rings. The fourth-order valence-corrected chi connectivity index (χ4v) is 8.75. The van der Waals surface area contributed by atoms with Crippen molar-refractivity contribution in [1.82, 2.24) is 5.32 Å². The van der Waals surface area contributed by atoms with Gasteiger partial charge in [0.2, 0.25) is 5.91 Å². The molecule has 0 radical (unpaired) electrons. The Kier molecular flexibility index (Phi) is 52.2. The van der Waals surface area contributed by atoms with Gasteiger partial charge in [-0.3, -0.25) is 18.6 Å². The third kappa shape index (κ3) is 55.2. The number of allylic oxidation sites excluding steroid dienone is 19. The fraction of sp³-hybridized carbons (Fsp3) is 0.667. The van der Waals surface area contributed by atoms with Crippen molar-refractivity contribution in [1.29, 1.82) is 0 Å². The van der Waals surface area contributed by atoms with Gasteiger partial charge in [-0.05, 0) is 115 Å². The van der Waals surface area contributed by atoms with Gasteiger partial charge in [0.15, 0.2) is 0 Å². The molecule has 1 amide bonds. The molecule has 0 heterocycles. The molecular formula is C66H114N2O7P+. The summed E-state index contributed by atoms with van der Waals surface area (Å²) in [4.78, 5) is 37.7. The Hall–Kier alpha value is -3.59. The molecule has 434 valence electrons. The van der Waals surface area contributed by atoms with Crippen molar-refractivity contribution < 1.29 is 37.3 Å². The van der Waals surface area contributed by atoms with Gasteiger partial charge in [0.05, 0.1) is 33.8 Å². The third-order valence-corrected chi connectivity index (χ3v) is 13.6. The summed E-state index contributed by atoms with van der Waals surface area (Å²) in [6, 6.07) is -0.874. The molecule has 0 aromatic heterocycles. The predicted octanol–water partition coefficient (Wildman–Crippen LogP) is 18.7. The first-order valence-corrected chi connectivity index (χ1v) is 31.9. The molecule has 0 bridgehead atoms. The minimum absolute atomic E-state index is 0.0263. The largest absolute Gasteiger partial charge is 0.472 e. The van der Waals surface area contributed by atoms with Crippen LogP contribution < -0.4 is 5.32 Å². The standard InChI is InChI=1S/C66H113N2O7P/c1-7-10-13-16-19-22-25-27-29-31-32-33-34-35-36-37-39-41-44-47-50-53-56-59-66(70)75-64(57-54-51-48-45-42-24-21-18-15-12-9-3)63(62-74-76(71,72)73-61-60-68(4,5)6)67-65(69)58-55-52-49-46-43-40-38-30-28-26-23-20-17-14-11-8-2/h10-11,13-14,19-20,22-23,27-30,32-33,35-36,39,41,54,57,63-64H,7-9,12,15-18,21,24-26,31,34,37-38,40,42-53,55-56,58-62H2,1-6H3,(H-,67,69,71,72)/p+1/b13-10-,14-11+,22-19-,23-20+,29-27-,30-28+,33-32-,36-35-,41-39-,57-54-. The summed E-state index contributed by atoms with van der Waals surface area (Å²) in [5.41, 5.74) is 0. The summed E-state index contributed by atoms with van der Waals surface area (Å²) in [6.45, 7) is 6.73. The lowest BCUT2D eigenvalue weighted by atomic mass is 10.1. The number of esters is 1. The number of quaternary nitrogens is 1. The highest BCUT2D eigenvalue weighted by Gasteiger charge is 2.30. The topological polar surface area (TPSA) is 111 Å². The fourth-order valence-electron chi connectivity index (χ4n) is 8.01. The number of carbonyl (C=O) groups excluding carboxylic acids is 2. The zero-order valence-corrected chi connectivity index (χ0v) is 50.3. The molecule has 76 heavy (non-hydrogen) atoms. The number of hydrogen-bond donors (Lipinski definition) is 2. The maximum Gasteiger partial charge on any atom is 0.472 e. The molecule has 0 aromatic rings. The van der Waals surface area contributed by atoms with E-state index in [1.807, 2.05) is 33.3 Å². The van der Waals surface area contributed by atoms with E-state index in [1.54, 1.807) is 0 Å². The highest BCUT2D eigenvalue weighted by atomic mass is 31.2. The average Bonchev–Trinajstić information content (AvgIpc) is 3.38. The maximum absolute atomic E-state index is 13.5. The number of hydrogen-bond acceptors (Lipinski definition) is 6. The van der Waals surface area contributed by atoms with Gasteiger partial charge in [0.1, 0.15) is 19.3 Å². The molecule has 2 N–H and O–H groups in total. The van der Waals surface area contributed by atoms with E-state index in [2.05, 4.69) is 135 Å². The molecule has 0 rings (SSSR count). The van der Waals surface area contributed by atoms with Gasteiger partial charge in [-0.1, -0.05) is 226 Å². The van der Waals surface area contributed by atoms with Gasteiger partial charge in [0.25, 0.3) is 0 Å². The molecule has 9 nitrogen and oxygen atoms in total. The van der Waals surface area contributed by atoms with Crippen LogP contribution in [0.4, 0.5) is 0 Å². The lowest BCUT2D eigenvalue weighted by Gasteiger charge is -2.27. The Morgan fingerprint density at radius 2 is 0.842 bits per heavy atom. The van der Waals surface area contributed by atoms with Gasteiger partial charge in [-0.25, -0.2) is 4.57 Å². The Bertz CT molecular complexity index is 1720. The van der Waals surface area contributed by atoms with Crippen LogP contribution in [0, 0.1) is 0 Å². The number of carbonyl (C=O) groups is 2. The smallest absolute Gasteiger partial charge is 0.456 e. The van der Waals surface area contributed by atoms with Crippen LogP contribution in [-0.4, -0.2) is 74.3 Å². The molecule has 0 fully saturated rings. The second kappa shape index (κ2) is 54.8. The van der Waals surface area contributed by atoms with E-state index in [0.717, 1.165) is 148 Å². The van der Waals surface area contributed by atoms with Crippen molar-refractivity contribution >= 4 is 19.7 Å². The van der Waals surface area contributed by atoms with Gasteiger partial charge in [-0.2, -0.15) is 0 Å². The second-order valence-electron chi connectivity index (χ2n) is 21.1. The third-order valence-electron chi connectivity index (χ3n) is 12.6. The molecule has 10 heteroatoms. The van der Waals surface area contributed by atoms with Crippen molar-refractivity contribution in [3.63, 3.8) is 0 Å². The van der Waals surface area contributed by atoms with Gasteiger partial charge in [0, 0.05) is 12.8 Å². The number of amides is 1. The number of phosphoric ester groups is 1. The number of rotatable bonds is 53. The quantitative estimate of drug-likeness (QED) is 0.0205. The van der Waals surface area contributed by atoms with Crippen LogP contribution in [0.3, 0.4) is 0 Å². The Labute approximate surface area is 467 Å². The Morgan fingerprint density at radius 1 is 0.474 bits per heavy atom. The summed E-state index contributed by atoms with van der Waals surface area (Å²) in [5.74, 6) is -0.559. The van der Waals surface area contributed by atoms with Gasteiger partial charge in [-0.15, -0.1) is 0 Å². The average molecular weight is 1080 g/mol. The van der Waals surface area contributed by atoms with Crippen LogP contribution in [0.5, 0.6) is 0 Å². The zero-order chi connectivity index (χ0) is 55.7. The van der Waals surface area contributed by atoms with Crippen molar-refractivity contribution in [2.45, 2.75) is 245 Å². The molecule has 0 spiro atoms. The molecule has 0 saturated carbocycles. The first kappa shape index (κ1) is 72.4. The van der Waals surface area contributed by atoms with E-state index < -0.39 is 20.0 Å². The minimum atomic E-state index is -4.46. The summed E-state index contributed by atoms with van der Waals surface area (Å²) < 4.78 is 30.6. The number of likely N-dealkylation sites (N-methyl/N-ethyl adjacent to an activating group) is 1. The maximum atomic E-state index is 13.5. The second-order valence-corrected chi connectivity index (χ2v) is 22.6. The molecule has 3 unspecified atom stereocenters. The number of unbranched alkanes of at least 4 members (excludes halogenated alkanes) is 19. The highest BCUT2D eigenvalue weighted by Crippen LogP contribution is 2.43. The van der Waals surface area contributed by atoms with Crippen LogP contribution in [0.25, 0.3) is 0 Å². The molecule has 0 aromatic carbocycles. The van der Waals surface area contributed by atoms with Crippen LogP contribution >= 0.6 is 7.82 Å². The summed E-state index contributed by atoms with van der Waals surface area (Å²) in [5, 5.41) is 3.03. The van der Waals surface area contributed by atoms with Crippen LogP contribution in [-0.2, 0) is 27.9 Å². The van der Waals surface area contributed by atoms with Crippen LogP contribution in [0.2, 0.25) is 0 Å². The molecule has 3 atom stereocenters. The normalized spacial score (nSPS) is 14.6. The molecule has 0 saturated heterocycles. The minimum Gasteiger partial charge on any atom is -0.456 e. The predicted molar refractivity (Wildman–Crippen MR) is 327 cm³/mol. The monoisotopic (exact) mass is 1080 g/mol. The Morgan fingerprint density at radius 3 is 1.26 bits per heavy atom. The summed E-state index contributed by atoms with van der Waals surface area (Å²) in [6.07, 6.45) is 76.2. The van der Waals surface area contributed by atoms with Crippen molar-refractivity contribution in [3.8, 4) is 0 Å². The van der Waals surface area contributed by atoms with E-state index >= 15 is 0 Å². The van der Waals surface area contributed by atoms with Crippen LogP contribution in [0.1, 0.15) is 233 Å². The first-order chi connectivity index (χ1) is 36.9. The zero-order valence-electron chi connectivity index (χ0n) is 49.4. The van der Waals surface area contributed by atoms with E-state index in [0.29, 0.717) is 23.9 Å². The molecular weight excluding hydrogens is 964 g/mol. The summed E-state index contributed by atoms with van der Waals surface area (Å²) >= 11 is 0. The number of nitrogens with one attached hydrogen (secondary N) is 1. The summed E-state index contributed by atoms with van der Waals surface area (Å²) in [7, 11) is 1.45. The number of ether oxygens (including phenoxy) is 1. The van der Waals surface area contributed by atoms with E-state index in [-0.39, 0.29) is 31.5 Å². The SMILES string of the molecule is CC/C=C\C/C=C\C/C=C\C/C=C\C/C=C\C/C=C\CCCCCCC(=O)OC(/C=C\CCCCCCCCCCC)C(COP(=O)(O)OCC[N+](C)(C)C)NC(=O)CCCCCCCC/C=C/C/C=C/C/C=C/CC. The lowest BCUT2D eigenvalue weighted by molar-refractivity contribution is -0.870. The lowest BCUT2D eigenvalue weighted by Crippen LogP contribution is -2.47.